The SMILES string of the molecule is COc1cc(SC)cc2[nH]cnc12. The van der Waals surface area contributed by atoms with Crippen molar-refractivity contribution in [2.75, 3.05) is 13.4 Å². The van der Waals surface area contributed by atoms with Crippen LogP contribution in [0.5, 0.6) is 5.75 Å². The molecule has 0 aliphatic rings. The molecule has 2 aromatic rings. The highest BCUT2D eigenvalue weighted by molar-refractivity contribution is 7.98. The van der Waals surface area contributed by atoms with Crippen LogP contribution in [0.15, 0.2) is 23.4 Å². The largest absolute Gasteiger partial charge is 0.494 e. The number of nitrogens with zero attached hydrogens (tertiary/aromatic N) is 1. The number of hydrogen-bond donors (Lipinski definition) is 1. The molecule has 0 fully saturated rings. The third-order valence-electron chi connectivity index (χ3n) is 1.92. The van der Waals surface area contributed by atoms with Crippen molar-refractivity contribution in [3.8, 4) is 5.75 Å². The number of hydrogen-bond acceptors (Lipinski definition) is 3. The number of thioether (sulfide) groups is 1. The van der Waals surface area contributed by atoms with Crippen molar-refractivity contribution >= 4 is 22.8 Å². The van der Waals surface area contributed by atoms with E-state index in [4.69, 9.17) is 4.74 Å². The highest BCUT2D eigenvalue weighted by atomic mass is 32.2. The van der Waals surface area contributed by atoms with Gasteiger partial charge >= 0.3 is 0 Å². The lowest BCUT2D eigenvalue weighted by Gasteiger charge is -2.02. The molecule has 1 N–H and O–H groups in total. The molecule has 1 aromatic carbocycles. The molecule has 0 saturated carbocycles. The van der Waals surface area contributed by atoms with Gasteiger partial charge in [-0.25, -0.2) is 4.98 Å². The minimum atomic E-state index is 0.822. The zero-order chi connectivity index (χ0) is 9.26. The molecule has 3 nitrogen and oxygen atoms in total. The van der Waals surface area contributed by atoms with E-state index in [2.05, 4.69) is 16.0 Å². The monoisotopic (exact) mass is 194 g/mol. The molecule has 0 aliphatic carbocycles. The summed E-state index contributed by atoms with van der Waals surface area (Å²) in [5.41, 5.74) is 1.91. The van der Waals surface area contributed by atoms with Crippen molar-refractivity contribution in [3.05, 3.63) is 18.5 Å². The zero-order valence-corrected chi connectivity index (χ0v) is 8.31. The molecule has 0 radical (unpaired) electrons. The summed E-state index contributed by atoms with van der Waals surface area (Å²) >= 11 is 1.69. The molecule has 2 rings (SSSR count). The minimum Gasteiger partial charge on any atom is -0.494 e. The van der Waals surface area contributed by atoms with Gasteiger partial charge in [0.05, 0.1) is 19.0 Å². The Labute approximate surface area is 80.5 Å². The molecule has 1 heterocycles. The lowest BCUT2D eigenvalue weighted by molar-refractivity contribution is 0.418. The van der Waals surface area contributed by atoms with Gasteiger partial charge in [-0.15, -0.1) is 11.8 Å². The maximum absolute atomic E-state index is 5.23. The number of benzene rings is 1. The number of H-pyrrole nitrogens is 1. The Kier molecular flexibility index (Phi) is 2.14. The van der Waals surface area contributed by atoms with Gasteiger partial charge in [0.15, 0.2) is 0 Å². The lowest BCUT2D eigenvalue weighted by Crippen LogP contribution is -1.85. The molecule has 0 amide bonds. The maximum Gasteiger partial charge on any atom is 0.147 e. The molecular weight excluding hydrogens is 184 g/mol. The van der Waals surface area contributed by atoms with Gasteiger partial charge < -0.3 is 9.72 Å². The number of methoxy groups -OCH3 is 1. The smallest absolute Gasteiger partial charge is 0.147 e. The molecule has 0 atom stereocenters. The van der Waals surface area contributed by atoms with Crippen LogP contribution in [0.2, 0.25) is 0 Å². The number of aromatic amines is 1. The van der Waals surface area contributed by atoms with Crippen LogP contribution in [0.1, 0.15) is 0 Å². The van der Waals surface area contributed by atoms with Crippen LogP contribution in [0.25, 0.3) is 11.0 Å². The number of imidazole rings is 1. The first-order valence-electron chi connectivity index (χ1n) is 3.90. The van der Waals surface area contributed by atoms with Crippen molar-refractivity contribution in [1.29, 1.82) is 0 Å². The molecule has 0 unspecified atom stereocenters. The van der Waals surface area contributed by atoms with Crippen molar-refractivity contribution in [2.24, 2.45) is 0 Å². The second-order valence-electron chi connectivity index (χ2n) is 2.63. The summed E-state index contributed by atoms with van der Waals surface area (Å²) in [6.07, 6.45) is 3.72. The Hall–Kier alpha value is -1.16. The van der Waals surface area contributed by atoms with E-state index >= 15 is 0 Å². The van der Waals surface area contributed by atoms with Crippen LogP contribution in [-0.2, 0) is 0 Å². The van der Waals surface area contributed by atoms with E-state index in [0.717, 1.165) is 16.8 Å². The molecule has 68 valence electrons. The van der Waals surface area contributed by atoms with E-state index in [-0.39, 0.29) is 0 Å². The quantitative estimate of drug-likeness (QED) is 0.745. The molecule has 0 saturated heterocycles. The Morgan fingerprint density at radius 3 is 3.00 bits per heavy atom. The van der Waals surface area contributed by atoms with Gasteiger partial charge in [-0.2, -0.15) is 0 Å². The first-order chi connectivity index (χ1) is 6.35. The molecule has 13 heavy (non-hydrogen) atoms. The normalized spacial score (nSPS) is 10.6. The number of fused-ring (bicyclic) bond motifs is 1. The molecule has 1 aromatic heterocycles. The van der Waals surface area contributed by atoms with Gasteiger partial charge in [0.2, 0.25) is 0 Å². The van der Waals surface area contributed by atoms with Crippen LogP contribution in [0.4, 0.5) is 0 Å². The highest BCUT2D eigenvalue weighted by Crippen LogP contribution is 2.28. The van der Waals surface area contributed by atoms with Crippen LogP contribution in [0, 0.1) is 0 Å². The average molecular weight is 194 g/mol. The zero-order valence-electron chi connectivity index (χ0n) is 7.50. The first kappa shape index (κ1) is 8.44. The summed E-state index contributed by atoms with van der Waals surface area (Å²) in [6.45, 7) is 0. The fraction of sp³-hybridized carbons (Fsp3) is 0.222. The van der Waals surface area contributed by atoms with Gasteiger partial charge in [-0.1, -0.05) is 0 Å². The van der Waals surface area contributed by atoms with Crippen molar-refractivity contribution in [1.82, 2.24) is 9.97 Å². The highest BCUT2D eigenvalue weighted by Gasteiger charge is 2.05. The standard InChI is InChI=1S/C9H10N2OS/c1-12-8-4-6(13-2)3-7-9(8)11-5-10-7/h3-5H,1-2H3,(H,10,11). The topological polar surface area (TPSA) is 37.9 Å². The summed E-state index contributed by atoms with van der Waals surface area (Å²) in [5, 5.41) is 0. The van der Waals surface area contributed by atoms with Gasteiger partial charge in [0.1, 0.15) is 11.3 Å². The predicted octanol–water partition coefficient (Wildman–Crippen LogP) is 2.29. The minimum absolute atomic E-state index is 0.822. The van der Waals surface area contributed by atoms with E-state index in [0.29, 0.717) is 0 Å². The van der Waals surface area contributed by atoms with E-state index in [9.17, 15) is 0 Å². The summed E-state index contributed by atoms with van der Waals surface area (Å²) in [4.78, 5) is 8.41. The van der Waals surface area contributed by atoms with Crippen LogP contribution in [0.3, 0.4) is 0 Å². The van der Waals surface area contributed by atoms with E-state index in [1.54, 1.807) is 25.2 Å². The summed E-state index contributed by atoms with van der Waals surface area (Å²) in [7, 11) is 1.66. The van der Waals surface area contributed by atoms with Crippen LogP contribution < -0.4 is 4.74 Å². The van der Waals surface area contributed by atoms with Gasteiger partial charge in [0, 0.05) is 4.90 Å². The summed E-state index contributed by atoms with van der Waals surface area (Å²) < 4.78 is 5.23. The molecule has 0 bridgehead atoms. The molecule has 0 spiro atoms. The lowest BCUT2D eigenvalue weighted by atomic mass is 10.3. The molecule has 4 heteroatoms. The molecular formula is C9H10N2OS. The van der Waals surface area contributed by atoms with Crippen LogP contribution >= 0.6 is 11.8 Å². The predicted molar refractivity (Wildman–Crippen MR) is 54.4 cm³/mol. The van der Waals surface area contributed by atoms with E-state index < -0.39 is 0 Å². The Morgan fingerprint density at radius 1 is 1.46 bits per heavy atom. The Morgan fingerprint density at radius 2 is 2.31 bits per heavy atom. The van der Waals surface area contributed by atoms with Crippen molar-refractivity contribution in [2.45, 2.75) is 4.90 Å². The van der Waals surface area contributed by atoms with Crippen LogP contribution in [-0.4, -0.2) is 23.3 Å². The summed E-state index contributed by atoms with van der Waals surface area (Å²) in [6, 6.07) is 4.06. The second kappa shape index (κ2) is 3.30. The number of ether oxygens (including phenoxy) is 1. The number of nitrogens with one attached hydrogen (secondary N) is 1. The van der Waals surface area contributed by atoms with Crippen molar-refractivity contribution < 1.29 is 4.74 Å². The second-order valence-corrected chi connectivity index (χ2v) is 3.51. The first-order valence-corrected chi connectivity index (χ1v) is 5.12. The Balaban J connectivity index is 2.70. The van der Waals surface area contributed by atoms with E-state index in [1.165, 1.54) is 4.90 Å². The Bertz CT molecular complexity index is 424. The maximum atomic E-state index is 5.23. The number of aromatic nitrogens is 2. The summed E-state index contributed by atoms with van der Waals surface area (Å²) in [5.74, 6) is 0.822. The third-order valence-corrected chi connectivity index (χ3v) is 2.62. The van der Waals surface area contributed by atoms with E-state index in [1.807, 2.05) is 12.3 Å². The van der Waals surface area contributed by atoms with Gasteiger partial charge in [0.25, 0.3) is 0 Å². The number of rotatable bonds is 2. The van der Waals surface area contributed by atoms with Gasteiger partial charge in [-0.3, -0.25) is 0 Å². The fourth-order valence-electron chi connectivity index (χ4n) is 1.27. The third kappa shape index (κ3) is 1.37. The molecule has 0 aliphatic heterocycles. The van der Waals surface area contributed by atoms with Gasteiger partial charge in [-0.05, 0) is 18.4 Å². The fourth-order valence-corrected chi connectivity index (χ4v) is 1.73. The van der Waals surface area contributed by atoms with Crippen molar-refractivity contribution in [3.63, 3.8) is 0 Å². The average Bonchev–Trinajstić information content (AvgIpc) is 2.63.